The number of piperazine rings is 1. The van der Waals surface area contributed by atoms with E-state index in [1.807, 2.05) is 55.3 Å². The number of nitrogens with one attached hydrogen (secondary N) is 2. The number of carbonyl (C=O) groups is 2. The Bertz CT molecular complexity index is 940. The fraction of sp³-hybridized carbons (Fsp3) is 0.417. The van der Waals surface area contributed by atoms with Gasteiger partial charge in [0.2, 0.25) is 5.91 Å². The Balaban J connectivity index is 1.40. The summed E-state index contributed by atoms with van der Waals surface area (Å²) in [7, 11) is 2.02. The van der Waals surface area contributed by atoms with Crippen LogP contribution in [0.1, 0.15) is 41.4 Å². The van der Waals surface area contributed by atoms with Crippen LogP contribution in [-0.2, 0) is 4.79 Å². The second-order valence-electron chi connectivity index (χ2n) is 8.52. The average molecular weight is 422 g/mol. The molecule has 2 aromatic rings. The number of hydrogen-bond acceptors (Lipinski definition) is 5. The third-order valence-corrected chi connectivity index (χ3v) is 6.13. The third kappa shape index (κ3) is 4.73. The molecule has 2 aromatic carbocycles. The van der Waals surface area contributed by atoms with E-state index in [0.29, 0.717) is 5.56 Å². The molecular weight excluding hydrogens is 390 g/mol. The zero-order chi connectivity index (χ0) is 22.0. The highest BCUT2D eigenvalue weighted by molar-refractivity contribution is 5.95. The lowest BCUT2D eigenvalue weighted by atomic mass is 9.96. The van der Waals surface area contributed by atoms with Gasteiger partial charge in [-0.15, -0.1) is 0 Å². The fourth-order valence-electron chi connectivity index (χ4n) is 4.52. The molecule has 164 valence electrons. The standard InChI is InChI=1S/C24H31N5O2/c1-17(16-28-11-13-29(14-12-28)18(2)30)25-24(31)20-9-10-22-21(15-20)23(27(3)26-22)19-7-5-4-6-8-19/h4-10,15,17,23,26H,11-14,16H2,1-3H3,(H,25,31). The first-order chi connectivity index (χ1) is 14.9. The van der Waals surface area contributed by atoms with Gasteiger partial charge in [0.1, 0.15) is 0 Å². The van der Waals surface area contributed by atoms with Crippen molar-refractivity contribution in [3.63, 3.8) is 0 Å². The summed E-state index contributed by atoms with van der Waals surface area (Å²) in [6.07, 6.45) is 0. The maximum absolute atomic E-state index is 12.9. The monoisotopic (exact) mass is 421 g/mol. The fourth-order valence-corrected chi connectivity index (χ4v) is 4.52. The molecule has 7 nitrogen and oxygen atoms in total. The molecule has 2 aliphatic heterocycles. The first kappa shape index (κ1) is 21.3. The molecule has 2 heterocycles. The smallest absolute Gasteiger partial charge is 0.251 e. The molecule has 0 bridgehead atoms. The minimum absolute atomic E-state index is 0.0235. The van der Waals surface area contributed by atoms with Gasteiger partial charge in [0.25, 0.3) is 5.91 Å². The molecule has 1 fully saturated rings. The van der Waals surface area contributed by atoms with E-state index in [1.54, 1.807) is 6.92 Å². The first-order valence-electron chi connectivity index (χ1n) is 10.9. The van der Waals surface area contributed by atoms with Crippen molar-refractivity contribution in [3.05, 3.63) is 65.2 Å². The summed E-state index contributed by atoms with van der Waals surface area (Å²) in [5, 5.41) is 5.21. The zero-order valence-electron chi connectivity index (χ0n) is 18.5. The van der Waals surface area contributed by atoms with E-state index >= 15 is 0 Å². The lowest BCUT2D eigenvalue weighted by molar-refractivity contribution is -0.130. The minimum Gasteiger partial charge on any atom is -0.348 e. The molecule has 7 heteroatoms. The molecule has 4 rings (SSSR count). The van der Waals surface area contributed by atoms with Gasteiger partial charge in [-0.3, -0.25) is 14.5 Å². The minimum atomic E-state index is -0.0564. The average Bonchev–Trinajstić information content (AvgIpc) is 3.09. The number of nitrogens with zero attached hydrogens (tertiary/aromatic N) is 3. The molecule has 2 aliphatic rings. The largest absolute Gasteiger partial charge is 0.348 e. The molecule has 1 saturated heterocycles. The predicted molar refractivity (Wildman–Crippen MR) is 122 cm³/mol. The van der Waals surface area contributed by atoms with E-state index in [4.69, 9.17) is 0 Å². The van der Waals surface area contributed by atoms with Crippen LogP contribution in [0.5, 0.6) is 0 Å². The van der Waals surface area contributed by atoms with Gasteiger partial charge in [-0.2, -0.15) is 0 Å². The highest BCUT2D eigenvalue weighted by Gasteiger charge is 2.29. The number of carbonyl (C=O) groups excluding carboxylic acids is 2. The summed E-state index contributed by atoms with van der Waals surface area (Å²) in [6, 6.07) is 16.3. The van der Waals surface area contributed by atoms with E-state index < -0.39 is 0 Å². The number of hydrogen-bond donors (Lipinski definition) is 2. The third-order valence-electron chi connectivity index (χ3n) is 6.13. The molecule has 2 amide bonds. The topological polar surface area (TPSA) is 67.9 Å². The van der Waals surface area contributed by atoms with Crippen LogP contribution in [0.4, 0.5) is 5.69 Å². The molecule has 0 saturated carbocycles. The molecule has 0 spiro atoms. The van der Waals surface area contributed by atoms with Crippen LogP contribution in [0.2, 0.25) is 0 Å². The van der Waals surface area contributed by atoms with Gasteiger partial charge in [-0.25, -0.2) is 5.01 Å². The van der Waals surface area contributed by atoms with Crippen LogP contribution in [-0.4, -0.2) is 72.4 Å². The molecule has 0 aromatic heterocycles. The molecular formula is C24H31N5O2. The number of amides is 2. The van der Waals surface area contributed by atoms with Crippen molar-refractivity contribution in [2.24, 2.45) is 0 Å². The summed E-state index contributed by atoms with van der Waals surface area (Å²) >= 11 is 0. The van der Waals surface area contributed by atoms with Crippen LogP contribution < -0.4 is 10.7 Å². The van der Waals surface area contributed by atoms with Gasteiger partial charge in [-0.1, -0.05) is 30.3 Å². The van der Waals surface area contributed by atoms with Crippen molar-refractivity contribution in [3.8, 4) is 0 Å². The summed E-state index contributed by atoms with van der Waals surface area (Å²) in [5.41, 5.74) is 7.38. The number of benzene rings is 2. The second kappa shape index (κ2) is 9.08. The SMILES string of the molecule is CC(=O)N1CCN(CC(C)NC(=O)c2ccc3c(c2)C(c2ccccc2)N(C)N3)CC1. The Labute approximate surface area is 184 Å². The lowest BCUT2D eigenvalue weighted by Crippen LogP contribution is -2.51. The van der Waals surface area contributed by atoms with Crippen molar-refractivity contribution in [2.45, 2.75) is 25.9 Å². The number of hydrazine groups is 1. The lowest BCUT2D eigenvalue weighted by Gasteiger charge is -2.35. The molecule has 0 radical (unpaired) electrons. The van der Waals surface area contributed by atoms with Crippen LogP contribution in [0, 0.1) is 0 Å². The van der Waals surface area contributed by atoms with Crippen molar-refractivity contribution < 1.29 is 9.59 Å². The van der Waals surface area contributed by atoms with Gasteiger partial charge in [0, 0.05) is 63.9 Å². The maximum atomic E-state index is 12.9. The van der Waals surface area contributed by atoms with Crippen molar-refractivity contribution >= 4 is 17.5 Å². The summed E-state index contributed by atoms with van der Waals surface area (Å²) in [4.78, 5) is 28.6. The molecule has 2 unspecified atom stereocenters. The van der Waals surface area contributed by atoms with Crippen LogP contribution >= 0.6 is 0 Å². The summed E-state index contributed by atoms with van der Waals surface area (Å²) in [6.45, 7) is 7.62. The molecule has 2 atom stereocenters. The molecule has 2 N–H and O–H groups in total. The van der Waals surface area contributed by atoms with E-state index in [1.165, 1.54) is 5.56 Å². The molecule has 31 heavy (non-hydrogen) atoms. The van der Waals surface area contributed by atoms with Crippen molar-refractivity contribution in [2.75, 3.05) is 45.2 Å². The normalized spacial score (nSPS) is 20.1. The highest BCUT2D eigenvalue weighted by Crippen LogP contribution is 2.38. The van der Waals surface area contributed by atoms with E-state index in [0.717, 1.165) is 44.0 Å². The van der Waals surface area contributed by atoms with E-state index in [9.17, 15) is 9.59 Å². The van der Waals surface area contributed by atoms with E-state index in [-0.39, 0.29) is 23.9 Å². The highest BCUT2D eigenvalue weighted by atomic mass is 16.2. The van der Waals surface area contributed by atoms with Gasteiger partial charge < -0.3 is 15.6 Å². The van der Waals surface area contributed by atoms with E-state index in [2.05, 4.69) is 32.8 Å². The van der Waals surface area contributed by atoms with Gasteiger partial charge in [0.05, 0.1) is 11.7 Å². The first-order valence-corrected chi connectivity index (χ1v) is 10.9. The van der Waals surface area contributed by atoms with Crippen LogP contribution in [0.25, 0.3) is 0 Å². The molecule has 0 aliphatic carbocycles. The van der Waals surface area contributed by atoms with Gasteiger partial charge >= 0.3 is 0 Å². The second-order valence-corrected chi connectivity index (χ2v) is 8.52. The number of anilines is 1. The Hall–Kier alpha value is -2.90. The van der Waals surface area contributed by atoms with Crippen molar-refractivity contribution in [1.29, 1.82) is 0 Å². The Morgan fingerprint density at radius 3 is 2.48 bits per heavy atom. The van der Waals surface area contributed by atoms with Crippen LogP contribution in [0.15, 0.2) is 48.5 Å². The quantitative estimate of drug-likeness (QED) is 0.776. The van der Waals surface area contributed by atoms with Crippen LogP contribution in [0.3, 0.4) is 0 Å². The zero-order valence-corrected chi connectivity index (χ0v) is 18.5. The van der Waals surface area contributed by atoms with Gasteiger partial charge in [-0.05, 0) is 30.7 Å². The Morgan fingerprint density at radius 2 is 1.81 bits per heavy atom. The van der Waals surface area contributed by atoms with Gasteiger partial charge in [0.15, 0.2) is 0 Å². The van der Waals surface area contributed by atoms with Crippen molar-refractivity contribution in [1.82, 2.24) is 20.1 Å². The Morgan fingerprint density at radius 1 is 1.10 bits per heavy atom. The predicted octanol–water partition coefficient (Wildman–Crippen LogP) is 2.33. The number of rotatable bonds is 5. The number of fused-ring (bicyclic) bond motifs is 1. The maximum Gasteiger partial charge on any atom is 0.251 e. The summed E-state index contributed by atoms with van der Waals surface area (Å²) < 4.78 is 0. The Kier molecular flexibility index (Phi) is 6.25. The summed E-state index contributed by atoms with van der Waals surface area (Å²) in [5.74, 6) is 0.0746.